The number of carbonyl (C=O) groups is 2. The summed E-state index contributed by atoms with van der Waals surface area (Å²) in [6, 6.07) is 11.3. The summed E-state index contributed by atoms with van der Waals surface area (Å²) in [4.78, 5) is 27.4. The minimum atomic E-state index is -3.48. The first-order valence-electron chi connectivity index (χ1n) is 11.4. The maximum atomic E-state index is 13.3. The number of hydrogen-bond donors (Lipinski definition) is 2. The average Bonchev–Trinajstić information content (AvgIpc) is 2.83. The Kier molecular flexibility index (Phi) is 7.53. The van der Waals surface area contributed by atoms with Crippen molar-refractivity contribution in [3.8, 4) is 5.75 Å². The Bertz CT molecular complexity index is 1200. The Balaban J connectivity index is 1.44. The van der Waals surface area contributed by atoms with Gasteiger partial charge in [0, 0.05) is 23.4 Å². The molecule has 2 N–H and O–H groups in total. The van der Waals surface area contributed by atoms with Crippen LogP contribution in [-0.4, -0.2) is 62.8 Å². The average molecular weight is 522 g/mol. The second kappa shape index (κ2) is 10.4. The molecule has 9 nitrogen and oxygen atoms in total. The molecule has 2 amide bonds. The van der Waals surface area contributed by atoms with Crippen molar-refractivity contribution in [1.82, 2.24) is 4.90 Å². The summed E-state index contributed by atoms with van der Waals surface area (Å²) in [5, 5.41) is 3.43. The van der Waals surface area contributed by atoms with E-state index in [1.54, 1.807) is 48.3 Å². The van der Waals surface area contributed by atoms with E-state index in [9.17, 15) is 18.0 Å². The zero-order valence-electron chi connectivity index (χ0n) is 19.5. The largest absolute Gasteiger partial charge is 0.490 e. The van der Waals surface area contributed by atoms with Gasteiger partial charge in [-0.2, -0.15) is 0 Å². The minimum absolute atomic E-state index is 0.0750. The molecule has 1 saturated heterocycles. The van der Waals surface area contributed by atoms with Crippen LogP contribution in [-0.2, 0) is 19.6 Å². The Morgan fingerprint density at radius 2 is 1.86 bits per heavy atom. The van der Waals surface area contributed by atoms with Crippen LogP contribution < -0.4 is 14.8 Å². The first-order valence-corrected chi connectivity index (χ1v) is 13.4. The number of carbonyl (C=O) groups excluding carboxylic acids is 2. The Labute approximate surface area is 209 Å². The SMILES string of the molecule is CCS(=O)(=O)Nc1ccc2c(c1)C(=O)N(C)[C@H]1CC[C@H](CC(=O)Nc3ccc(Cl)cc3)O[C@@H]1CO2. The van der Waals surface area contributed by atoms with E-state index < -0.39 is 16.1 Å². The monoisotopic (exact) mass is 521 g/mol. The highest BCUT2D eigenvalue weighted by molar-refractivity contribution is 7.92. The van der Waals surface area contributed by atoms with Crippen LogP contribution in [0, 0.1) is 0 Å². The van der Waals surface area contributed by atoms with Gasteiger partial charge in [0.15, 0.2) is 0 Å². The van der Waals surface area contributed by atoms with Crippen LogP contribution in [0.25, 0.3) is 0 Å². The molecule has 1 fully saturated rings. The van der Waals surface area contributed by atoms with Crippen LogP contribution in [0.15, 0.2) is 42.5 Å². The van der Waals surface area contributed by atoms with Gasteiger partial charge in [0.1, 0.15) is 18.5 Å². The molecule has 0 aromatic heterocycles. The lowest BCUT2D eigenvalue weighted by atomic mass is 9.94. The molecule has 2 aromatic carbocycles. The van der Waals surface area contributed by atoms with Gasteiger partial charge in [0.05, 0.1) is 29.9 Å². The standard InChI is InChI=1S/C24H28ClN3O6S/c1-3-35(31,32)27-17-8-11-21-19(12-17)24(30)28(2)20-10-9-18(34-22(20)14-33-21)13-23(29)26-16-6-4-15(25)5-7-16/h4-8,11-12,18,20,22,27H,3,9-10,13-14H2,1-2H3,(H,26,29)/t18-,20+,22-/m1/s1. The van der Waals surface area contributed by atoms with E-state index in [0.717, 1.165) is 0 Å². The van der Waals surface area contributed by atoms with E-state index in [2.05, 4.69) is 10.0 Å². The molecule has 0 radical (unpaired) electrons. The van der Waals surface area contributed by atoms with Crippen LogP contribution in [0.5, 0.6) is 5.75 Å². The second-order valence-corrected chi connectivity index (χ2v) is 11.1. The third kappa shape index (κ3) is 6.06. The van der Waals surface area contributed by atoms with Gasteiger partial charge in [-0.3, -0.25) is 14.3 Å². The number of amides is 2. The van der Waals surface area contributed by atoms with E-state index in [-0.39, 0.29) is 48.3 Å². The van der Waals surface area contributed by atoms with Crippen LogP contribution in [0.1, 0.15) is 36.5 Å². The highest BCUT2D eigenvalue weighted by Gasteiger charge is 2.39. The van der Waals surface area contributed by atoms with Crippen LogP contribution in [0.2, 0.25) is 5.02 Å². The Morgan fingerprint density at radius 3 is 2.57 bits per heavy atom. The molecule has 2 aliphatic heterocycles. The molecular weight excluding hydrogens is 494 g/mol. The predicted molar refractivity (Wildman–Crippen MR) is 133 cm³/mol. The van der Waals surface area contributed by atoms with E-state index in [0.29, 0.717) is 35.0 Å². The van der Waals surface area contributed by atoms with Gasteiger partial charge in [-0.15, -0.1) is 0 Å². The molecule has 0 bridgehead atoms. The van der Waals surface area contributed by atoms with Gasteiger partial charge in [-0.25, -0.2) is 8.42 Å². The smallest absolute Gasteiger partial charge is 0.257 e. The number of halogens is 1. The van der Waals surface area contributed by atoms with Crippen molar-refractivity contribution < 1.29 is 27.5 Å². The maximum absolute atomic E-state index is 13.3. The fraction of sp³-hybridized carbons (Fsp3) is 0.417. The van der Waals surface area contributed by atoms with Crippen LogP contribution >= 0.6 is 11.6 Å². The fourth-order valence-electron chi connectivity index (χ4n) is 4.29. The molecule has 0 aliphatic carbocycles. The summed E-state index contributed by atoms with van der Waals surface area (Å²) in [6.45, 7) is 1.74. The van der Waals surface area contributed by atoms with E-state index >= 15 is 0 Å². The number of rotatable bonds is 6. The first kappa shape index (κ1) is 25.3. The Morgan fingerprint density at radius 1 is 1.14 bits per heavy atom. The van der Waals surface area contributed by atoms with Gasteiger partial charge in [0.25, 0.3) is 5.91 Å². The number of likely N-dealkylation sites (N-methyl/N-ethyl adjacent to an activating group) is 1. The molecule has 0 unspecified atom stereocenters. The summed E-state index contributed by atoms with van der Waals surface area (Å²) in [7, 11) is -1.77. The van der Waals surface area contributed by atoms with Gasteiger partial charge in [0.2, 0.25) is 15.9 Å². The third-order valence-corrected chi connectivity index (χ3v) is 7.76. The molecule has 0 saturated carbocycles. The highest BCUT2D eigenvalue weighted by atomic mass is 35.5. The van der Waals surface area contributed by atoms with Crippen LogP contribution in [0.3, 0.4) is 0 Å². The van der Waals surface area contributed by atoms with Crippen molar-refractivity contribution in [3.63, 3.8) is 0 Å². The molecule has 11 heteroatoms. The van der Waals surface area contributed by atoms with Crippen molar-refractivity contribution in [1.29, 1.82) is 0 Å². The summed E-state index contributed by atoms with van der Waals surface area (Å²) in [6.07, 6.45) is 0.724. The summed E-state index contributed by atoms with van der Waals surface area (Å²) < 4.78 is 38.4. The number of nitrogens with zero attached hydrogens (tertiary/aromatic N) is 1. The molecule has 2 aliphatic rings. The molecular formula is C24H28ClN3O6S. The summed E-state index contributed by atoms with van der Waals surface area (Å²) in [5.74, 6) is -0.172. The Hall–Kier alpha value is -2.82. The van der Waals surface area contributed by atoms with Crippen molar-refractivity contribution >= 4 is 44.8 Å². The normalized spacial score (nSPS) is 22.2. The summed E-state index contributed by atoms with van der Waals surface area (Å²) >= 11 is 5.89. The number of fused-ring (bicyclic) bond motifs is 2. The van der Waals surface area contributed by atoms with Gasteiger partial charge < -0.3 is 19.7 Å². The minimum Gasteiger partial charge on any atom is -0.490 e. The lowest BCUT2D eigenvalue weighted by Gasteiger charge is -2.42. The number of anilines is 2. The van der Waals surface area contributed by atoms with Crippen molar-refractivity contribution in [2.75, 3.05) is 29.4 Å². The number of ether oxygens (including phenoxy) is 2. The van der Waals surface area contributed by atoms with E-state index in [1.165, 1.54) is 13.0 Å². The van der Waals surface area contributed by atoms with Gasteiger partial charge in [-0.05, 0) is 62.2 Å². The molecule has 3 atom stereocenters. The van der Waals surface area contributed by atoms with Crippen molar-refractivity contribution in [2.45, 2.75) is 44.4 Å². The van der Waals surface area contributed by atoms with Crippen molar-refractivity contribution in [2.24, 2.45) is 0 Å². The zero-order valence-corrected chi connectivity index (χ0v) is 21.1. The lowest BCUT2D eigenvalue weighted by Crippen LogP contribution is -2.53. The number of benzene rings is 2. The molecule has 2 heterocycles. The predicted octanol–water partition coefficient (Wildman–Crippen LogP) is 3.51. The molecule has 188 valence electrons. The quantitative estimate of drug-likeness (QED) is 0.601. The number of sulfonamides is 1. The van der Waals surface area contributed by atoms with E-state index in [4.69, 9.17) is 21.1 Å². The van der Waals surface area contributed by atoms with Crippen LogP contribution in [0.4, 0.5) is 11.4 Å². The van der Waals surface area contributed by atoms with Gasteiger partial charge in [-0.1, -0.05) is 11.6 Å². The first-order chi connectivity index (χ1) is 16.6. The van der Waals surface area contributed by atoms with E-state index in [1.807, 2.05) is 0 Å². The molecule has 4 rings (SSSR count). The molecule has 2 aromatic rings. The lowest BCUT2D eigenvalue weighted by molar-refractivity contribution is -0.130. The number of nitrogens with one attached hydrogen (secondary N) is 2. The second-order valence-electron chi connectivity index (χ2n) is 8.64. The van der Waals surface area contributed by atoms with Crippen molar-refractivity contribution in [3.05, 3.63) is 53.1 Å². The van der Waals surface area contributed by atoms with Gasteiger partial charge >= 0.3 is 0 Å². The topological polar surface area (TPSA) is 114 Å². The molecule has 0 spiro atoms. The molecule has 35 heavy (non-hydrogen) atoms. The highest BCUT2D eigenvalue weighted by Crippen LogP contribution is 2.33. The zero-order chi connectivity index (χ0) is 25.2. The maximum Gasteiger partial charge on any atom is 0.257 e. The number of hydrogen-bond acceptors (Lipinski definition) is 6. The fourth-order valence-corrected chi connectivity index (χ4v) is 5.05. The third-order valence-electron chi connectivity index (χ3n) is 6.21. The summed E-state index contributed by atoms with van der Waals surface area (Å²) in [5.41, 5.74) is 1.25.